The lowest BCUT2D eigenvalue weighted by atomic mass is 9.97. The van der Waals surface area contributed by atoms with E-state index in [4.69, 9.17) is 4.74 Å². The first kappa shape index (κ1) is 15.9. The van der Waals surface area contributed by atoms with Gasteiger partial charge in [-0.05, 0) is 39.7 Å². The molecule has 3 nitrogen and oxygen atoms in total. The van der Waals surface area contributed by atoms with E-state index in [0.29, 0.717) is 6.10 Å². The summed E-state index contributed by atoms with van der Waals surface area (Å²) in [6.07, 6.45) is 4.62. The minimum Gasteiger partial charge on any atom is -0.394 e. The maximum Gasteiger partial charge on any atom is 0.0610 e. The molecule has 0 aromatic rings. The highest BCUT2D eigenvalue weighted by Crippen LogP contribution is 2.12. The first-order valence-corrected chi connectivity index (χ1v) is 6.55. The summed E-state index contributed by atoms with van der Waals surface area (Å²) in [4.78, 5) is 0. The Bertz CT molecular complexity index is 164. The zero-order chi connectivity index (χ0) is 12.4. The van der Waals surface area contributed by atoms with Crippen LogP contribution < -0.4 is 5.32 Å². The van der Waals surface area contributed by atoms with Crippen molar-refractivity contribution in [1.29, 1.82) is 0 Å². The Labute approximate surface area is 101 Å². The minimum absolute atomic E-state index is 0.147. The summed E-state index contributed by atoms with van der Waals surface area (Å²) in [5.74, 6) is 0. The summed E-state index contributed by atoms with van der Waals surface area (Å²) < 4.78 is 5.69. The van der Waals surface area contributed by atoms with Crippen molar-refractivity contribution in [3.63, 3.8) is 0 Å². The van der Waals surface area contributed by atoms with Crippen molar-refractivity contribution in [1.82, 2.24) is 5.32 Å². The van der Waals surface area contributed by atoms with Gasteiger partial charge in [-0.25, -0.2) is 0 Å². The van der Waals surface area contributed by atoms with E-state index in [0.717, 1.165) is 32.4 Å². The van der Waals surface area contributed by atoms with Gasteiger partial charge in [-0.3, -0.25) is 0 Å². The van der Waals surface area contributed by atoms with Gasteiger partial charge in [0, 0.05) is 12.1 Å². The second-order valence-electron chi connectivity index (χ2n) is 4.82. The van der Waals surface area contributed by atoms with Crippen molar-refractivity contribution in [2.45, 2.75) is 65.0 Å². The summed E-state index contributed by atoms with van der Waals surface area (Å²) >= 11 is 0. The summed E-state index contributed by atoms with van der Waals surface area (Å²) in [6, 6.07) is 0. The lowest BCUT2D eigenvalue weighted by Crippen LogP contribution is -2.45. The number of nitrogens with one attached hydrogen (secondary N) is 1. The molecule has 0 aliphatic carbocycles. The van der Waals surface area contributed by atoms with Crippen molar-refractivity contribution in [3.8, 4) is 0 Å². The Morgan fingerprint density at radius 2 is 2.06 bits per heavy atom. The van der Waals surface area contributed by atoms with E-state index in [9.17, 15) is 5.11 Å². The maximum absolute atomic E-state index is 9.31. The number of hydrogen-bond donors (Lipinski definition) is 2. The Balaban J connectivity index is 3.62. The number of likely N-dealkylation sites (N-methyl/N-ethyl adjacent to an activating group) is 1. The number of aliphatic hydroxyl groups is 1. The summed E-state index contributed by atoms with van der Waals surface area (Å²) in [5.41, 5.74) is -0.147. The molecule has 0 radical (unpaired) electrons. The van der Waals surface area contributed by atoms with Gasteiger partial charge in [0.2, 0.25) is 0 Å². The van der Waals surface area contributed by atoms with Gasteiger partial charge in [-0.1, -0.05) is 20.3 Å². The quantitative estimate of drug-likeness (QED) is 0.567. The molecule has 2 unspecified atom stereocenters. The molecule has 0 fully saturated rings. The molecule has 0 aliphatic rings. The Kier molecular flexibility index (Phi) is 8.90. The zero-order valence-corrected chi connectivity index (χ0v) is 11.4. The molecular formula is C13H29NO2. The van der Waals surface area contributed by atoms with Crippen LogP contribution in [0, 0.1) is 0 Å². The Hall–Kier alpha value is -0.120. The molecule has 2 atom stereocenters. The van der Waals surface area contributed by atoms with Gasteiger partial charge in [-0.2, -0.15) is 0 Å². The van der Waals surface area contributed by atoms with Crippen LogP contribution in [0.5, 0.6) is 0 Å². The molecule has 0 heterocycles. The van der Waals surface area contributed by atoms with Crippen molar-refractivity contribution in [3.05, 3.63) is 0 Å². The van der Waals surface area contributed by atoms with Crippen LogP contribution >= 0.6 is 0 Å². The highest BCUT2D eigenvalue weighted by molar-refractivity contribution is 4.81. The average molecular weight is 231 g/mol. The van der Waals surface area contributed by atoms with Crippen LogP contribution in [0.15, 0.2) is 0 Å². The molecule has 3 heteroatoms. The second-order valence-corrected chi connectivity index (χ2v) is 4.82. The monoisotopic (exact) mass is 231 g/mol. The number of hydrogen-bond acceptors (Lipinski definition) is 3. The molecule has 0 saturated carbocycles. The van der Waals surface area contributed by atoms with Gasteiger partial charge in [0.1, 0.15) is 0 Å². The average Bonchev–Trinajstić information content (AvgIpc) is 2.25. The van der Waals surface area contributed by atoms with Gasteiger partial charge in [0.05, 0.1) is 12.7 Å². The Morgan fingerprint density at radius 3 is 2.56 bits per heavy atom. The highest BCUT2D eigenvalue weighted by Gasteiger charge is 2.20. The smallest absolute Gasteiger partial charge is 0.0610 e. The van der Waals surface area contributed by atoms with Gasteiger partial charge in [0.15, 0.2) is 0 Å². The molecule has 2 N–H and O–H groups in total. The summed E-state index contributed by atoms with van der Waals surface area (Å²) in [5, 5.41) is 12.6. The number of ether oxygens (including phenoxy) is 1. The fraction of sp³-hybridized carbons (Fsp3) is 1.00. The first-order valence-electron chi connectivity index (χ1n) is 6.55. The van der Waals surface area contributed by atoms with Crippen LogP contribution in [0.3, 0.4) is 0 Å². The maximum atomic E-state index is 9.31. The van der Waals surface area contributed by atoms with E-state index in [1.165, 1.54) is 6.42 Å². The molecule has 0 aromatic carbocycles. The standard InChI is InChI=1S/C13H29NO2/c1-5-8-12(3)16-10-7-9-13(4,11-15)14-6-2/h12,14-15H,5-11H2,1-4H3. The lowest BCUT2D eigenvalue weighted by molar-refractivity contribution is 0.0504. The fourth-order valence-corrected chi connectivity index (χ4v) is 1.89. The van der Waals surface area contributed by atoms with E-state index in [1.807, 2.05) is 0 Å². The van der Waals surface area contributed by atoms with Crippen LogP contribution in [-0.4, -0.2) is 36.5 Å². The zero-order valence-electron chi connectivity index (χ0n) is 11.4. The van der Waals surface area contributed by atoms with E-state index in [-0.39, 0.29) is 12.1 Å². The topological polar surface area (TPSA) is 41.5 Å². The van der Waals surface area contributed by atoms with Gasteiger partial charge >= 0.3 is 0 Å². The highest BCUT2D eigenvalue weighted by atomic mass is 16.5. The molecule has 98 valence electrons. The van der Waals surface area contributed by atoms with Crippen LogP contribution in [0.2, 0.25) is 0 Å². The largest absolute Gasteiger partial charge is 0.394 e. The van der Waals surface area contributed by atoms with Gasteiger partial charge < -0.3 is 15.2 Å². The minimum atomic E-state index is -0.147. The van der Waals surface area contributed by atoms with Crippen LogP contribution in [0.4, 0.5) is 0 Å². The first-order chi connectivity index (χ1) is 7.58. The summed E-state index contributed by atoms with van der Waals surface area (Å²) in [6.45, 7) is 10.3. The molecule has 0 aromatic heterocycles. The van der Waals surface area contributed by atoms with Gasteiger partial charge in [0.25, 0.3) is 0 Å². The molecule has 16 heavy (non-hydrogen) atoms. The lowest BCUT2D eigenvalue weighted by Gasteiger charge is -2.28. The fourth-order valence-electron chi connectivity index (χ4n) is 1.89. The van der Waals surface area contributed by atoms with E-state index in [2.05, 4.69) is 33.0 Å². The number of rotatable bonds is 10. The van der Waals surface area contributed by atoms with E-state index < -0.39 is 0 Å². The third-order valence-electron chi connectivity index (χ3n) is 2.92. The second kappa shape index (κ2) is 8.97. The predicted octanol–water partition coefficient (Wildman–Crippen LogP) is 2.33. The molecule has 0 saturated heterocycles. The number of aliphatic hydroxyl groups excluding tert-OH is 1. The van der Waals surface area contributed by atoms with Crippen LogP contribution in [0.1, 0.15) is 53.4 Å². The normalized spacial score (nSPS) is 17.1. The van der Waals surface area contributed by atoms with Crippen molar-refractivity contribution < 1.29 is 9.84 Å². The third-order valence-corrected chi connectivity index (χ3v) is 2.92. The molecule has 0 rings (SSSR count). The van der Waals surface area contributed by atoms with Crippen LogP contribution in [-0.2, 0) is 4.74 Å². The summed E-state index contributed by atoms with van der Waals surface area (Å²) in [7, 11) is 0. The molecule has 0 spiro atoms. The van der Waals surface area contributed by atoms with Gasteiger partial charge in [-0.15, -0.1) is 0 Å². The van der Waals surface area contributed by atoms with Crippen LogP contribution in [0.25, 0.3) is 0 Å². The third kappa shape index (κ3) is 7.20. The predicted molar refractivity (Wildman–Crippen MR) is 68.7 cm³/mol. The molecule has 0 amide bonds. The van der Waals surface area contributed by atoms with Crippen molar-refractivity contribution >= 4 is 0 Å². The molecular weight excluding hydrogens is 202 g/mol. The molecule has 0 aliphatic heterocycles. The van der Waals surface area contributed by atoms with E-state index in [1.54, 1.807) is 0 Å². The van der Waals surface area contributed by atoms with E-state index >= 15 is 0 Å². The SMILES string of the molecule is CCCC(C)OCCCC(C)(CO)NCC. The van der Waals surface area contributed by atoms with Crippen molar-refractivity contribution in [2.24, 2.45) is 0 Å². The molecule has 0 bridgehead atoms. The Morgan fingerprint density at radius 1 is 1.38 bits per heavy atom. The van der Waals surface area contributed by atoms with Crippen molar-refractivity contribution in [2.75, 3.05) is 19.8 Å².